The highest BCUT2D eigenvalue weighted by molar-refractivity contribution is 7.18. The molecule has 0 aliphatic heterocycles. The summed E-state index contributed by atoms with van der Waals surface area (Å²) in [5.41, 5.74) is 2.61. The molecule has 1 heterocycles. The van der Waals surface area contributed by atoms with Crippen LogP contribution in [0.5, 0.6) is 0 Å². The molecular formula is C19H16FNOS. The van der Waals surface area contributed by atoms with Gasteiger partial charge in [0.15, 0.2) is 0 Å². The summed E-state index contributed by atoms with van der Waals surface area (Å²) in [5, 5.41) is 1.03. The van der Waals surface area contributed by atoms with E-state index in [-0.39, 0.29) is 11.6 Å². The SMILES string of the molecule is CN(C)c1sc(C(=O)c2ccc(F)cc2)cc1-c1ccccc1. The first-order valence-corrected chi connectivity index (χ1v) is 8.05. The van der Waals surface area contributed by atoms with Gasteiger partial charge in [-0.05, 0) is 35.9 Å². The summed E-state index contributed by atoms with van der Waals surface area (Å²) in [4.78, 5) is 15.3. The maximum absolute atomic E-state index is 13.0. The maximum Gasteiger partial charge on any atom is 0.203 e. The molecular weight excluding hydrogens is 309 g/mol. The first kappa shape index (κ1) is 15.4. The first-order chi connectivity index (χ1) is 11.1. The van der Waals surface area contributed by atoms with E-state index in [0.717, 1.165) is 16.1 Å². The molecule has 23 heavy (non-hydrogen) atoms. The van der Waals surface area contributed by atoms with E-state index in [1.165, 1.54) is 35.6 Å². The maximum atomic E-state index is 13.0. The Labute approximate surface area is 138 Å². The first-order valence-electron chi connectivity index (χ1n) is 7.23. The predicted molar refractivity (Wildman–Crippen MR) is 93.9 cm³/mol. The summed E-state index contributed by atoms with van der Waals surface area (Å²) in [6, 6.07) is 17.6. The van der Waals surface area contributed by atoms with E-state index in [1.54, 1.807) is 0 Å². The van der Waals surface area contributed by atoms with Gasteiger partial charge in [0, 0.05) is 25.2 Å². The van der Waals surface area contributed by atoms with Crippen molar-refractivity contribution in [1.29, 1.82) is 0 Å². The number of ketones is 1. The standard InChI is InChI=1S/C19H16FNOS/c1-21(2)19-16(13-6-4-3-5-7-13)12-17(23-19)18(22)14-8-10-15(20)11-9-14/h3-12H,1-2H3. The summed E-state index contributed by atoms with van der Waals surface area (Å²) >= 11 is 1.45. The second-order valence-electron chi connectivity index (χ2n) is 5.43. The molecule has 0 N–H and O–H groups in total. The minimum atomic E-state index is -0.341. The third-order valence-electron chi connectivity index (χ3n) is 3.53. The average molecular weight is 325 g/mol. The van der Waals surface area contributed by atoms with Crippen LogP contribution in [0.2, 0.25) is 0 Å². The fourth-order valence-electron chi connectivity index (χ4n) is 2.39. The summed E-state index contributed by atoms with van der Waals surface area (Å²) in [7, 11) is 3.93. The van der Waals surface area contributed by atoms with E-state index >= 15 is 0 Å². The lowest BCUT2D eigenvalue weighted by Gasteiger charge is -2.12. The van der Waals surface area contributed by atoms with Crippen LogP contribution in [0, 0.1) is 5.82 Å². The van der Waals surface area contributed by atoms with Gasteiger partial charge < -0.3 is 4.90 Å². The fourth-order valence-corrected chi connectivity index (χ4v) is 3.46. The van der Waals surface area contributed by atoms with E-state index < -0.39 is 0 Å². The Morgan fingerprint density at radius 3 is 2.26 bits per heavy atom. The minimum Gasteiger partial charge on any atom is -0.369 e. The molecule has 0 spiro atoms. The summed E-state index contributed by atoms with van der Waals surface area (Å²) in [6.07, 6.45) is 0. The number of carbonyl (C=O) groups excluding carboxylic acids is 1. The highest BCUT2D eigenvalue weighted by Crippen LogP contribution is 2.38. The topological polar surface area (TPSA) is 20.3 Å². The van der Waals surface area contributed by atoms with Gasteiger partial charge in [-0.3, -0.25) is 4.79 Å². The van der Waals surface area contributed by atoms with E-state index in [4.69, 9.17) is 0 Å². The average Bonchev–Trinajstić information content (AvgIpc) is 3.01. The number of carbonyl (C=O) groups is 1. The van der Waals surface area contributed by atoms with Gasteiger partial charge in [-0.15, -0.1) is 11.3 Å². The van der Waals surface area contributed by atoms with Gasteiger partial charge in [0.2, 0.25) is 5.78 Å². The molecule has 1 aromatic heterocycles. The van der Waals surface area contributed by atoms with Crippen LogP contribution in [0.3, 0.4) is 0 Å². The molecule has 3 rings (SSSR count). The zero-order valence-electron chi connectivity index (χ0n) is 12.9. The van der Waals surface area contributed by atoms with Crippen molar-refractivity contribution in [3.63, 3.8) is 0 Å². The molecule has 0 unspecified atom stereocenters. The van der Waals surface area contributed by atoms with Gasteiger partial charge in [-0.2, -0.15) is 0 Å². The molecule has 4 heteroatoms. The third-order valence-corrected chi connectivity index (χ3v) is 4.84. The molecule has 0 aliphatic carbocycles. The zero-order valence-corrected chi connectivity index (χ0v) is 13.7. The highest BCUT2D eigenvalue weighted by Gasteiger charge is 2.18. The Kier molecular flexibility index (Phi) is 4.26. The van der Waals surface area contributed by atoms with Crippen molar-refractivity contribution in [1.82, 2.24) is 0 Å². The van der Waals surface area contributed by atoms with Crippen molar-refractivity contribution in [2.45, 2.75) is 0 Å². The van der Waals surface area contributed by atoms with Crippen LogP contribution in [0.4, 0.5) is 9.39 Å². The van der Waals surface area contributed by atoms with Crippen LogP contribution in [0.25, 0.3) is 11.1 Å². The Morgan fingerprint density at radius 2 is 1.65 bits per heavy atom. The van der Waals surface area contributed by atoms with Crippen LogP contribution < -0.4 is 4.90 Å². The molecule has 0 saturated carbocycles. The van der Waals surface area contributed by atoms with Gasteiger partial charge in [-0.1, -0.05) is 30.3 Å². The Morgan fingerprint density at radius 1 is 1.00 bits per heavy atom. The van der Waals surface area contributed by atoms with E-state index in [1.807, 2.05) is 55.4 Å². The number of hydrogen-bond acceptors (Lipinski definition) is 3. The summed E-state index contributed by atoms with van der Waals surface area (Å²) in [6.45, 7) is 0. The second-order valence-corrected chi connectivity index (χ2v) is 6.46. The molecule has 0 fully saturated rings. The molecule has 0 atom stereocenters. The number of anilines is 1. The van der Waals surface area contributed by atoms with Crippen molar-refractivity contribution >= 4 is 22.1 Å². The predicted octanol–water partition coefficient (Wildman–Crippen LogP) is 4.85. The van der Waals surface area contributed by atoms with Gasteiger partial charge in [0.1, 0.15) is 5.82 Å². The number of thiophene rings is 1. The zero-order chi connectivity index (χ0) is 16.4. The molecule has 0 radical (unpaired) electrons. The highest BCUT2D eigenvalue weighted by atomic mass is 32.1. The van der Waals surface area contributed by atoms with Gasteiger partial charge >= 0.3 is 0 Å². The smallest absolute Gasteiger partial charge is 0.203 e. The molecule has 116 valence electrons. The van der Waals surface area contributed by atoms with Crippen molar-refractivity contribution in [2.75, 3.05) is 19.0 Å². The van der Waals surface area contributed by atoms with Gasteiger partial charge in [0.05, 0.1) is 9.88 Å². The molecule has 0 bridgehead atoms. The number of rotatable bonds is 4. The molecule has 0 amide bonds. The molecule has 0 aliphatic rings. The lowest BCUT2D eigenvalue weighted by Crippen LogP contribution is -2.07. The van der Waals surface area contributed by atoms with E-state index in [9.17, 15) is 9.18 Å². The van der Waals surface area contributed by atoms with Crippen LogP contribution in [-0.2, 0) is 0 Å². The van der Waals surface area contributed by atoms with Crippen LogP contribution in [-0.4, -0.2) is 19.9 Å². The number of benzene rings is 2. The van der Waals surface area contributed by atoms with Crippen molar-refractivity contribution in [3.05, 3.63) is 76.9 Å². The summed E-state index contributed by atoms with van der Waals surface area (Å²) in [5.74, 6) is -0.424. The normalized spacial score (nSPS) is 10.6. The molecule has 2 aromatic carbocycles. The Hall–Kier alpha value is -2.46. The van der Waals surface area contributed by atoms with Crippen LogP contribution in [0.15, 0.2) is 60.7 Å². The monoisotopic (exact) mass is 325 g/mol. The lowest BCUT2D eigenvalue weighted by molar-refractivity contribution is 0.104. The molecule has 2 nitrogen and oxygen atoms in total. The summed E-state index contributed by atoms with van der Waals surface area (Å²) < 4.78 is 13.0. The largest absolute Gasteiger partial charge is 0.369 e. The minimum absolute atomic E-state index is 0.0831. The van der Waals surface area contributed by atoms with E-state index in [0.29, 0.717) is 10.4 Å². The fraction of sp³-hybridized carbons (Fsp3) is 0.105. The number of nitrogens with zero attached hydrogens (tertiary/aromatic N) is 1. The lowest BCUT2D eigenvalue weighted by atomic mass is 10.1. The number of hydrogen-bond donors (Lipinski definition) is 0. The van der Waals surface area contributed by atoms with Crippen molar-refractivity contribution in [3.8, 4) is 11.1 Å². The van der Waals surface area contributed by atoms with Crippen LogP contribution in [0.1, 0.15) is 15.2 Å². The van der Waals surface area contributed by atoms with Crippen LogP contribution >= 0.6 is 11.3 Å². The molecule has 0 saturated heterocycles. The number of halogens is 1. The van der Waals surface area contributed by atoms with Gasteiger partial charge in [-0.25, -0.2) is 4.39 Å². The Bertz CT molecular complexity index is 822. The van der Waals surface area contributed by atoms with Crippen molar-refractivity contribution < 1.29 is 9.18 Å². The molecule has 3 aromatic rings. The second kappa shape index (κ2) is 6.34. The van der Waals surface area contributed by atoms with Gasteiger partial charge in [0.25, 0.3) is 0 Å². The quantitative estimate of drug-likeness (QED) is 0.639. The van der Waals surface area contributed by atoms with Crippen molar-refractivity contribution in [2.24, 2.45) is 0 Å². The third kappa shape index (κ3) is 3.17. The van der Waals surface area contributed by atoms with E-state index in [2.05, 4.69) is 0 Å². The Balaban J connectivity index is 2.04.